The first-order chi connectivity index (χ1) is 15.0. The summed E-state index contributed by atoms with van der Waals surface area (Å²) < 4.78 is 34.4. The van der Waals surface area contributed by atoms with Crippen LogP contribution in [0, 0.1) is 0 Å². The summed E-state index contributed by atoms with van der Waals surface area (Å²) >= 11 is 1.55. The van der Waals surface area contributed by atoms with E-state index in [1.165, 1.54) is 19.3 Å². The Morgan fingerprint density at radius 3 is 2.71 bits per heavy atom. The number of carbonyl (C=O) groups is 1. The average Bonchev–Trinajstić information content (AvgIpc) is 3.22. The fourth-order valence-corrected chi connectivity index (χ4v) is 4.23. The van der Waals surface area contributed by atoms with Crippen LogP contribution in [0.3, 0.4) is 0 Å². The van der Waals surface area contributed by atoms with E-state index in [1.807, 2.05) is 12.1 Å². The maximum Gasteiger partial charge on any atom is 0.387 e. The van der Waals surface area contributed by atoms with Crippen molar-refractivity contribution >= 4 is 38.8 Å². The molecule has 1 saturated heterocycles. The van der Waals surface area contributed by atoms with E-state index in [0.29, 0.717) is 31.7 Å². The first kappa shape index (κ1) is 21.0. The molecule has 1 aromatic carbocycles. The van der Waals surface area contributed by atoms with Gasteiger partial charge in [0.1, 0.15) is 10.3 Å². The van der Waals surface area contributed by atoms with Crippen molar-refractivity contribution in [3.05, 3.63) is 48.2 Å². The van der Waals surface area contributed by atoms with Crippen molar-refractivity contribution < 1.29 is 23.0 Å². The lowest BCUT2D eigenvalue weighted by atomic mass is 10.2. The normalized spacial score (nSPS) is 14.6. The predicted molar refractivity (Wildman–Crippen MR) is 115 cm³/mol. The molecule has 3 heterocycles. The van der Waals surface area contributed by atoms with Gasteiger partial charge in [-0.2, -0.15) is 8.78 Å². The molecular formula is C21H20F2N4O3S. The molecule has 31 heavy (non-hydrogen) atoms. The van der Waals surface area contributed by atoms with E-state index in [9.17, 15) is 13.6 Å². The van der Waals surface area contributed by atoms with Gasteiger partial charge in [0, 0.05) is 38.5 Å². The lowest BCUT2D eigenvalue weighted by molar-refractivity contribution is -0.126. The minimum atomic E-state index is -2.94. The zero-order chi connectivity index (χ0) is 21.8. The summed E-state index contributed by atoms with van der Waals surface area (Å²) in [6.07, 6.45) is 4.85. The Kier molecular flexibility index (Phi) is 6.26. The molecule has 0 atom stereocenters. The number of carbonyl (C=O) groups excluding carboxylic acids is 1. The number of pyridine rings is 1. The van der Waals surface area contributed by atoms with Gasteiger partial charge in [-0.1, -0.05) is 17.4 Å². The molecule has 0 saturated carbocycles. The van der Waals surface area contributed by atoms with Crippen LogP contribution in [0.1, 0.15) is 5.56 Å². The highest BCUT2D eigenvalue weighted by molar-refractivity contribution is 7.21. The van der Waals surface area contributed by atoms with Crippen molar-refractivity contribution in [1.29, 1.82) is 0 Å². The molecule has 4 rings (SSSR count). The molecule has 0 N–H and O–H groups in total. The van der Waals surface area contributed by atoms with Gasteiger partial charge in [-0.3, -0.25) is 4.79 Å². The molecule has 1 aliphatic rings. The third-order valence-corrected chi connectivity index (χ3v) is 5.88. The number of methoxy groups -OCH3 is 1. The van der Waals surface area contributed by atoms with Gasteiger partial charge in [0.05, 0.1) is 7.11 Å². The fraction of sp³-hybridized carbons (Fsp3) is 0.286. The van der Waals surface area contributed by atoms with E-state index >= 15 is 0 Å². The van der Waals surface area contributed by atoms with E-state index in [1.54, 1.807) is 40.6 Å². The number of rotatable bonds is 6. The van der Waals surface area contributed by atoms with Gasteiger partial charge in [0.2, 0.25) is 5.91 Å². The lowest BCUT2D eigenvalue weighted by Crippen LogP contribution is -2.48. The van der Waals surface area contributed by atoms with Crippen LogP contribution in [0.15, 0.2) is 42.6 Å². The third kappa shape index (κ3) is 4.91. The number of halogens is 2. The number of aromatic nitrogens is 2. The number of alkyl halides is 2. The molecule has 1 aliphatic heterocycles. The first-order valence-electron chi connectivity index (χ1n) is 9.60. The Morgan fingerprint density at radius 2 is 2.00 bits per heavy atom. The number of nitrogens with zero attached hydrogens (tertiary/aromatic N) is 4. The van der Waals surface area contributed by atoms with Crippen LogP contribution >= 0.6 is 11.3 Å². The molecule has 1 fully saturated rings. The topological polar surface area (TPSA) is 67.8 Å². The molecule has 0 unspecified atom stereocenters. The number of ether oxygens (including phenoxy) is 2. The summed E-state index contributed by atoms with van der Waals surface area (Å²) in [5, 5.41) is 0.912. The number of hydrogen-bond acceptors (Lipinski definition) is 7. The lowest BCUT2D eigenvalue weighted by Gasteiger charge is -2.34. The fourth-order valence-electron chi connectivity index (χ4n) is 3.27. The largest absolute Gasteiger partial charge is 0.493 e. The van der Waals surface area contributed by atoms with Crippen LogP contribution in [-0.4, -0.2) is 60.7 Å². The van der Waals surface area contributed by atoms with E-state index in [4.69, 9.17) is 4.74 Å². The summed E-state index contributed by atoms with van der Waals surface area (Å²) in [4.78, 5) is 26.3. The van der Waals surface area contributed by atoms with Gasteiger partial charge in [-0.25, -0.2) is 9.97 Å². The van der Waals surface area contributed by atoms with Gasteiger partial charge < -0.3 is 19.3 Å². The maximum atomic E-state index is 12.6. The number of piperazine rings is 1. The Labute approximate surface area is 181 Å². The summed E-state index contributed by atoms with van der Waals surface area (Å²) in [6, 6.07) is 8.32. The smallest absolute Gasteiger partial charge is 0.387 e. The second kappa shape index (κ2) is 9.25. The molecule has 1 amide bonds. The highest BCUT2D eigenvalue weighted by atomic mass is 32.1. The number of benzene rings is 1. The highest BCUT2D eigenvalue weighted by Crippen LogP contribution is 2.30. The minimum absolute atomic E-state index is 0.0536. The van der Waals surface area contributed by atoms with Crippen LogP contribution < -0.4 is 14.4 Å². The van der Waals surface area contributed by atoms with Crippen molar-refractivity contribution in [2.75, 3.05) is 38.2 Å². The van der Waals surface area contributed by atoms with Gasteiger partial charge in [0.25, 0.3) is 0 Å². The van der Waals surface area contributed by atoms with Crippen molar-refractivity contribution in [3.63, 3.8) is 0 Å². The molecular weight excluding hydrogens is 426 g/mol. The maximum absolute atomic E-state index is 12.6. The Morgan fingerprint density at radius 1 is 1.19 bits per heavy atom. The van der Waals surface area contributed by atoms with Crippen LogP contribution in [0.2, 0.25) is 0 Å². The summed E-state index contributed by atoms with van der Waals surface area (Å²) in [7, 11) is 1.37. The zero-order valence-corrected chi connectivity index (χ0v) is 17.5. The number of thiazole rings is 1. The molecule has 0 aliphatic carbocycles. The van der Waals surface area contributed by atoms with Crippen LogP contribution in [0.4, 0.5) is 13.9 Å². The molecule has 0 radical (unpaired) electrons. The van der Waals surface area contributed by atoms with Gasteiger partial charge in [-0.15, -0.1) is 0 Å². The third-order valence-electron chi connectivity index (χ3n) is 4.84. The molecule has 0 spiro atoms. The molecule has 7 nitrogen and oxygen atoms in total. The van der Waals surface area contributed by atoms with E-state index < -0.39 is 6.61 Å². The first-order valence-corrected chi connectivity index (χ1v) is 10.4. The Bertz CT molecular complexity index is 1060. The SMILES string of the molecule is COc1cc(/C=C/C(=O)N2CCN(c3nc4cccnc4s3)CC2)ccc1OC(F)F. The molecule has 2 aromatic heterocycles. The number of anilines is 1. The quantitative estimate of drug-likeness (QED) is 0.539. The van der Waals surface area contributed by atoms with Gasteiger partial charge in [-0.05, 0) is 35.9 Å². The molecule has 162 valence electrons. The monoisotopic (exact) mass is 446 g/mol. The second-order valence-electron chi connectivity index (χ2n) is 6.76. The summed E-state index contributed by atoms with van der Waals surface area (Å²) in [5.41, 5.74) is 1.52. The van der Waals surface area contributed by atoms with Gasteiger partial charge in [0.15, 0.2) is 16.6 Å². The second-order valence-corrected chi connectivity index (χ2v) is 7.71. The Balaban J connectivity index is 1.36. The van der Waals surface area contributed by atoms with Gasteiger partial charge >= 0.3 is 6.61 Å². The highest BCUT2D eigenvalue weighted by Gasteiger charge is 2.22. The minimum Gasteiger partial charge on any atom is -0.493 e. The van der Waals surface area contributed by atoms with Crippen LogP contribution in [0.25, 0.3) is 16.4 Å². The number of hydrogen-bond donors (Lipinski definition) is 0. The predicted octanol–water partition coefficient (Wildman–Crippen LogP) is 3.66. The van der Waals surface area contributed by atoms with Crippen molar-refractivity contribution in [2.45, 2.75) is 6.61 Å². The van der Waals surface area contributed by atoms with E-state index in [-0.39, 0.29) is 17.4 Å². The van der Waals surface area contributed by atoms with Crippen LogP contribution in [-0.2, 0) is 4.79 Å². The van der Waals surface area contributed by atoms with Crippen molar-refractivity contribution in [1.82, 2.24) is 14.9 Å². The number of fused-ring (bicyclic) bond motifs is 1. The van der Waals surface area contributed by atoms with Crippen LogP contribution in [0.5, 0.6) is 11.5 Å². The van der Waals surface area contributed by atoms with E-state index in [0.717, 1.165) is 15.5 Å². The molecule has 3 aromatic rings. The van der Waals surface area contributed by atoms with E-state index in [2.05, 4.69) is 19.6 Å². The standard InChI is InChI=1S/C21H20F2N4O3S/c1-29-17-13-14(4-6-16(17)30-20(22)23)5-7-18(28)26-9-11-27(12-10-26)21-25-15-3-2-8-24-19(15)31-21/h2-8,13,20H,9-12H2,1H3/b7-5+. The zero-order valence-electron chi connectivity index (χ0n) is 16.7. The molecule has 0 bridgehead atoms. The van der Waals surface area contributed by atoms with Crippen molar-refractivity contribution in [3.8, 4) is 11.5 Å². The summed E-state index contributed by atoms with van der Waals surface area (Å²) in [5.74, 6) is 0.00785. The molecule has 10 heteroatoms. The van der Waals surface area contributed by atoms with Crippen molar-refractivity contribution in [2.24, 2.45) is 0 Å². The average molecular weight is 446 g/mol. The number of amides is 1. The Hall–Kier alpha value is -3.27. The summed E-state index contributed by atoms with van der Waals surface area (Å²) in [6.45, 7) is -0.400.